The van der Waals surface area contributed by atoms with Crippen molar-refractivity contribution in [1.29, 1.82) is 0 Å². The zero-order valence-corrected chi connectivity index (χ0v) is 22.1. The number of rotatable bonds is 8. The summed E-state index contributed by atoms with van der Waals surface area (Å²) in [5.41, 5.74) is -0.0604. The quantitative estimate of drug-likeness (QED) is 0.303. The molecule has 1 heterocycles. The van der Waals surface area contributed by atoms with E-state index in [0.29, 0.717) is 53.6 Å². The Morgan fingerprint density at radius 1 is 1.03 bits per heavy atom. The van der Waals surface area contributed by atoms with Gasteiger partial charge >= 0.3 is 12.1 Å². The third-order valence-electron chi connectivity index (χ3n) is 5.19. The molecule has 0 N–H and O–H groups in total. The van der Waals surface area contributed by atoms with Crippen molar-refractivity contribution >= 4 is 28.0 Å². The summed E-state index contributed by atoms with van der Waals surface area (Å²) in [5.74, 6) is 1.41. The van der Waals surface area contributed by atoms with Crippen LogP contribution in [0.5, 0.6) is 17.2 Å². The molecular formula is C26H32BrNO7. The molecule has 0 radical (unpaired) electrons. The van der Waals surface area contributed by atoms with Crippen LogP contribution in [0.15, 0.2) is 46.9 Å². The molecule has 0 aromatic heterocycles. The number of ether oxygens (including phenoxy) is 5. The topological polar surface area (TPSA) is 83.5 Å². The molecule has 1 amide bonds. The normalized spacial score (nSPS) is 14.4. The molecule has 0 aliphatic carbocycles. The van der Waals surface area contributed by atoms with E-state index in [0.717, 1.165) is 12.8 Å². The molecule has 0 bridgehead atoms. The van der Waals surface area contributed by atoms with Gasteiger partial charge in [0.2, 0.25) is 0 Å². The van der Waals surface area contributed by atoms with Crippen molar-refractivity contribution in [2.75, 3.05) is 33.4 Å². The Hall–Kier alpha value is -2.78. The van der Waals surface area contributed by atoms with Gasteiger partial charge in [-0.3, -0.25) is 0 Å². The molecule has 0 saturated carbocycles. The van der Waals surface area contributed by atoms with Gasteiger partial charge < -0.3 is 28.6 Å². The lowest BCUT2D eigenvalue weighted by Gasteiger charge is -2.33. The van der Waals surface area contributed by atoms with Gasteiger partial charge in [-0.2, -0.15) is 0 Å². The highest BCUT2D eigenvalue weighted by molar-refractivity contribution is 9.10. The van der Waals surface area contributed by atoms with Gasteiger partial charge in [-0.15, -0.1) is 0 Å². The summed E-state index contributed by atoms with van der Waals surface area (Å²) in [6.45, 7) is 7.68. The second kappa shape index (κ2) is 12.3. The van der Waals surface area contributed by atoms with Gasteiger partial charge in [-0.05, 0) is 79.9 Å². The highest BCUT2D eigenvalue weighted by Gasteiger charge is 2.27. The summed E-state index contributed by atoms with van der Waals surface area (Å²) >= 11 is 3.42. The van der Waals surface area contributed by atoms with Crippen LogP contribution in [0, 0.1) is 0 Å². The predicted molar refractivity (Wildman–Crippen MR) is 134 cm³/mol. The Balaban J connectivity index is 1.41. The van der Waals surface area contributed by atoms with Crippen molar-refractivity contribution in [3.8, 4) is 17.2 Å². The maximum Gasteiger partial charge on any atom is 0.410 e. The van der Waals surface area contributed by atoms with E-state index in [1.165, 1.54) is 7.11 Å². The second-order valence-corrected chi connectivity index (χ2v) is 9.95. The van der Waals surface area contributed by atoms with Crippen molar-refractivity contribution < 1.29 is 33.3 Å². The van der Waals surface area contributed by atoms with Gasteiger partial charge in [0, 0.05) is 19.2 Å². The van der Waals surface area contributed by atoms with Crippen LogP contribution < -0.4 is 9.47 Å². The third-order valence-corrected chi connectivity index (χ3v) is 5.81. The van der Waals surface area contributed by atoms with Crippen LogP contribution in [0.4, 0.5) is 4.79 Å². The number of nitrogens with zero attached hydrogens (tertiary/aromatic N) is 1. The number of halogens is 1. The lowest BCUT2D eigenvalue weighted by atomic mass is 10.1. The average Bonchev–Trinajstić information content (AvgIpc) is 2.82. The van der Waals surface area contributed by atoms with Gasteiger partial charge in [-0.1, -0.05) is 6.07 Å². The van der Waals surface area contributed by atoms with E-state index in [9.17, 15) is 9.59 Å². The number of likely N-dealkylation sites (tertiary alicyclic amines) is 1. The fraction of sp³-hybridized carbons (Fsp3) is 0.462. The molecule has 3 rings (SSSR count). The zero-order valence-electron chi connectivity index (χ0n) is 20.5. The predicted octanol–water partition coefficient (Wildman–Crippen LogP) is 5.82. The van der Waals surface area contributed by atoms with Crippen LogP contribution in [-0.2, 0) is 14.2 Å². The monoisotopic (exact) mass is 549 g/mol. The number of carbonyl (C=O) groups excluding carboxylic acids is 2. The molecule has 1 aliphatic rings. The van der Waals surface area contributed by atoms with E-state index in [4.69, 9.17) is 23.7 Å². The highest BCUT2D eigenvalue weighted by Crippen LogP contribution is 2.32. The highest BCUT2D eigenvalue weighted by atomic mass is 79.9. The molecule has 9 heteroatoms. The first kappa shape index (κ1) is 26.8. The van der Waals surface area contributed by atoms with E-state index in [1.807, 2.05) is 39.0 Å². The number of benzene rings is 2. The fourth-order valence-electron chi connectivity index (χ4n) is 3.49. The Morgan fingerprint density at radius 2 is 1.74 bits per heavy atom. The maximum absolute atomic E-state index is 12.2. The average molecular weight is 550 g/mol. The SMILES string of the molecule is COC(=O)c1ccc(Oc2cccc(OCCOC3CCN(C(=O)OC(C)(C)C)CC3)c2)c(Br)c1. The van der Waals surface area contributed by atoms with Crippen LogP contribution >= 0.6 is 15.9 Å². The number of methoxy groups -OCH3 is 1. The van der Waals surface area contributed by atoms with Crippen LogP contribution in [0.25, 0.3) is 0 Å². The van der Waals surface area contributed by atoms with E-state index >= 15 is 0 Å². The Morgan fingerprint density at radius 3 is 2.40 bits per heavy atom. The van der Waals surface area contributed by atoms with Gasteiger partial charge in [0.05, 0.1) is 29.9 Å². The van der Waals surface area contributed by atoms with E-state index in [1.54, 1.807) is 29.2 Å². The van der Waals surface area contributed by atoms with E-state index in [-0.39, 0.29) is 12.2 Å². The minimum absolute atomic E-state index is 0.0947. The van der Waals surface area contributed by atoms with Gasteiger partial charge in [0.15, 0.2) is 0 Å². The first-order valence-corrected chi connectivity index (χ1v) is 12.3. The smallest absolute Gasteiger partial charge is 0.410 e. The number of amides is 1. The van der Waals surface area contributed by atoms with Gasteiger partial charge in [0.25, 0.3) is 0 Å². The molecule has 2 aromatic rings. The Kier molecular flexibility index (Phi) is 9.40. The first-order chi connectivity index (χ1) is 16.6. The lowest BCUT2D eigenvalue weighted by Crippen LogP contribution is -2.43. The minimum Gasteiger partial charge on any atom is -0.491 e. The molecule has 1 aliphatic heterocycles. The molecule has 1 saturated heterocycles. The van der Waals surface area contributed by atoms with Crippen LogP contribution in [0.1, 0.15) is 44.0 Å². The number of piperidine rings is 1. The van der Waals surface area contributed by atoms with Crippen molar-refractivity contribution in [3.05, 3.63) is 52.5 Å². The lowest BCUT2D eigenvalue weighted by molar-refractivity contribution is -0.0177. The summed E-state index contributed by atoms with van der Waals surface area (Å²) in [6, 6.07) is 12.3. The van der Waals surface area contributed by atoms with E-state index < -0.39 is 11.6 Å². The number of carbonyl (C=O) groups is 2. The van der Waals surface area contributed by atoms with Crippen molar-refractivity contribution in [2.45, 2.75) is 45.3 Å². The van der Waals surface area contributed by atoms with Crippen molar-refractivity contribution in [2.24, 2.45) is 0 Å². The van der Waals surface area contributed by atoms with Crippen LogP contribution in [0.2, 0.25) is 0 Å². The largest absolute Gasteiger partial charge is 0.491 e. The van der Waals surface area contributed by atoms with Gasteiger partial charge in [-0.25, -0.2) is 9.59 Å². The molecule has 1 fully saturated rings. The van der Waals surface area contributed by atoms with Crippen LogP contribution in [-0.4, -0.2) is 62.1 Å². The fourth-order valence-corrected chi connectivity index (χ4v) is 3.95. The van der Waals surface area contributed by atoms with Crippen molar-refractivity contribution in [3.63, 3.8) is 0 Å². The Labute approximate surface area is 214 Å². The van der Waals surface area contributed by atoms with E-state index in [2.05, 4.69) is 15.9 Å². The molecule has 8 nitrogen and oxygen atoms in total. The molecule has 0 spiro atoms. The molecule has 2 aromatic carbocycles. The molecular weight excluding hydrogens is 518 g/mol. The minimum atomic E-state index is -0.490. The molecule has 35 heavy (non-hydrogen) atoms. The van der Waals surface area contributed by atoms with Gasteiger partial charge in [0.1, 0.15) is 29.5 Å². The molecule has 0 atom stereocenters. The third kappa shape index (κ3) is 8.43. The standard InChI is InChI=1S/C26H32BrNO7/c1-26(2,3)35-25(30)28-12-10-19(11-13-28)32-14-15-33-20-6-5-7-21(17-20)34-23-9-8-18(16-22(23)27)24(29)31-4/h5-9,16-17,19H,10-15H2,1-4H3. The summed E-state index contributed by atoms with van der Waals surface area (Å²) in [4.78, 5) is 25.6. The summed E-state index contributed by atoms with van der Waals surface area (Å²) in [5, 5.41) is 0. The van der Waals surface area contributed by atoms with Crippen molar-refractivity contribution in [1.82, 2.24) is 4.90 Å². The second-order valence-electron chi connectivity index (χ2n) is 9.10. The molecule has 0 unspecified atom stereocenters. The number of hydrogen-bond acceptors (Lipinski definition) is 7. The number of hydrogen-bond donors (Lipinski definition) is 0. The first-order valence-electron chi connectivity index (χ1n) is 11.5. The van der Waals surface area contributed by atoms with Crippen LogP contribution in [0.3, 0.4) is 0 Å². The summed E-state index contributed by atoms with van der Waals surface area (Å²) in [7, 11) is 1.34. The zero-order chi connectivity index (χ0) is 25.4. The number of esters is 1. The molecule has 190 valence electrons. The maximum atomic E-state index is 12.2. The Bertz CT molecular complexity index is 1010. The summed E-state index contributed by atoms with van der Waals surface area (Å²) in [6.07, 6.45) is 1.36. The summed E-state index contributed by atoms with van der Waals surface area (Å²) < 4.78 is 28.5.